The summed E-state index contributed by atoms with van der Waals surface area (Å²) < 4.78 is 0. The van der Waals surface area contributed by atoms with Crippen molar-refractivity contribution < 1.29 is 0 Å². The zero-order chi connectivity index (χ0) is 12.3. The van der Waals surface area contributed by atoms with E-state index in [2.05, 4.69) is 36.0 Å². The van der Waals surface area contributed by atoms with Crippen LogP contribution in [0.15, 0.2) is 0 Å². The molecule has 0 radical (unpaired) electrons. The second-order valence-corrected chi connectivity index (χ2v) is 5.96. The zero-order valence-corrected chi connectivity index (χ0v) is 11.8. The molecular formula is C14H29N3. The van der Waals surface area contributed by atoms with Crippen LogP contribution in [-0.2, 0) is 0 Å². The summed E-state index contributed by atoms with van der Waals surface area (Å²) >= 11 is 0. The van der Waals surface area contributed by atoms with Crippen molar-refractivity contribution in [2.45, 2.75) is 57.7 Å². The molecule has 1 saturated heterocycles. The van der Waals surface area contributed by atoms with Gasteiger partial charge in [-0.15, -0.1) is 0 Å². The largest absolute Gasteiger partial charge is 0.317 e. The second-order valence-electron chi connectivity index (χ2n) is 5.96. The molecule has 0 atom stereocenters. The Hall–Kier alpha value is -0.120. The van der Waals surface area contributed by atoms with Crippen LogP contribution in [0.25, 0.3) is 0 Å². The standard InChI is InChI=1S/C14H29N3/c1-12(2)16-8-10-17(11-9-16)14-6-4-13(15-3)5-7-14/h12-15H,4-11H2,1-3H3/t13-,14+. The van der Waals surface area contributed by atoms with Gasteiger partial charge in [0.15, 0.2) is 0 Å². The first kappa shape index (κ1) is 13.3. The number of nitrogens with zero attached hydrogens (tertiary/aromatic N) is 2. The molecule has 1 N–H and O–H groups in total. The van der Waals surface area contributed by atoms with Crippen molar-refractivity contribution in [1.29, 1.82) is 0 Å². The van der Waals surface area contributed by atoms with Crippen LogP contribution >= 0.6 is 0 Å². The minimum Gasteiger partial charge on any atom is -0.317 e. The molecule has 3 nitrogen and oxygen atoms in total. The molecule has 2 aliphatic rings. The average molecular weight is 239 g/mol. The Morgan fingerprint density at radius 1 is 0.941 bits per heavy atom. The van der Waals surface area contributed by atoms with E-state index in [1.165, 1.54) is 51.9 Å². The van der Waals surface area contributed by atoms with Crippen LogP contribution in [0, 0.1) is 0 Å². The summed E-state index contributed by atoms with van der Waals surface area (Å²) in [7, 11) is 2.10. The van der Waals surface area contributed by atoms with E-state index in [4.69, 9.17) is 0 Å². The van der Waals surface area contributed by atoms with Crippen LogP contribution in [-0.4, -0.2) is 61.2 Å². The highest BCUT2D eigenvalue weighted by Gasteiger charge is 2.28. The van der Waals surface area contributed by atoms with Crippen LogP contribution in [0.1, 0.15) is 39.5 Å². The van der Waals surface area contributed by atoms with Crippen molar-refractivity contribution in [2.75, 3.05) is 33.2 Å². The van der Waals surface area contributed by atoms with Gasteiger partial charge >= 0.3 is 0 Å². The van der Waals surface area contributed by atoms with E-state index in [-0.39, 0.29) is 0 Å². The topological polar surface area (TPSA) is 18.5 Å². The fourth-order valence-corrected chi connectivity index (χ4v) is 3.35. The van der Waals surface area contributed by atoms with Crippen molar-refractivity contribution in [3.63, 3.8) is 0 Å². The third-order valence-corrected chi connectivity index (χ3v) is 4.70. The molecule has 0 amide bonds. The lowest BCUT2D eigenvalue weighted by atomic mass is 9.90. The molecule has 0 spiro atoms. The minimum atomic E-state index is 0.720. The lowest BCUT2D eigenvalue weighted by molar-refractivity contribution is 0.0608. The van der Waals surface area contributed by atoms with Gasteiger partial charge in [0.25, 0.3) is 0 Å². The maximum atomic E-state index is 3.42. The number of piperazine rings is 1. The van der Waals surface area contributed by atoms with E-state index in [9.17, 15) is 0 Å². The minimum absolute atomic E-state index is 0.720. The summed E-state index contributed by atoms with van der Waals surface area (Å²) in [4.78, 5) is 5.35. The summed E-state index contributed by atoms with van der Waals surface area (Å²) in [6, 6.07) is 2.37. The third-order valence-electron chi connectivity index (χ3n) is 4.70. The molecule has 17 heavy (non-hydrogen) atoms. The molecule has 1 aliphatic heterocycles. The molecule has 1 heterocycles. The van der Waals surface area contributed by atoms with E-state index in [0.29, 0.717) is 0 Å². The summed E-state index contributed by atoms with van der Waals surface area (Å²) in [5, 5.41) is 3.42. The molecule has 2 fully saturated rings. The Bertz CT molecular complexity index is 214. The number of hydrogen-bond donors (Lipinski definition) is 1. The molecule has 0 aromatic heterocycles. The highest BCUT2D eigenvalue weighted by Crippen LogP contribution is 2.24. The molecular weight excluding hydrogens is 210 g/mol. The Kier molecular flexibility index (Phi) is 4.83. The maximum Gasteiger partial charge on any atom is 0.0113 e. The summed E-state index contributed by atoms with van der Waals surface area (Å²) in [5.41, 5.74) is 0. The van der Waals surface area contributed by atoms with E-state index in [1.54, 1.807) is 0 Å². The fraction of sp³-hybridized carbons (Fsp3) is 1.00. The molecule has 0 unspecified atom stereocenters. The highest BCUT2D eigenvalue weighted by molar-refractivity contribution is 4.85. The average Bonchev–Trinajstić information content (AvgIpc) is 2.39. The Morgan fingerprint density at radius 3 is 2.00 bits per heavy atom. The van der Waals surface area contributed by atoms with Crippen molar-refractivity contribution in [1.82, 2.24) is 15.1 Å². The molecule has 2 rings (SSSR count). The molecule has 3 heteroatoms. The van der Waals surface area contributed by atoms with E-state index < -0.39 is 0 Å². The summed E-state index contributed by atoms with van der Waals surface area (Å²) in [5.74, 6) is 0. The normalized spacial score (nSPS) is 33.2. The van der Waals surface area contributed by atoms with Gasteiger partial charge in [-0.05, 0) is 46.6 Å². The lowest BCUT2D eigenvalue weighted by Crippen LogP contribution is -2.53. The Labute approximate surface area is 107 Å². The molecule has 100 valence electrons. The van der Waals surface area contributed by atoms with Crippen LogP contribution in [0.2, 0.25) is 0 Å². The predicted molar refractivity (Wildman–Crippen MR) is 73.4 cm³/mol. The monoisotopic (exact) mass is 239 g/mol. The van der Waals surface area contributed by atoms with Gasteiger partial charge in [0, 0.05) is 44.3 Å². The first-order valence-electron chi connectivity index (χ1n) is 7.36. The number of hydrogen-bond acceptors (Lipinski definition) is 3. The fourth-order valence-electron chi connectivity index (χ4n) is 3.35. The first-order chi connectivity index (χ1) is 8.20. The quantitative estimate of drug-likeness (QED) is 0.806. The lowest BCUT2D eigenvalue weighted by Gasteiger charge is -2.43. The molecule has 0 aromatic carbocycles. The second kappa shape index (κ2) is 6.17. The molecule has 1 aliphatic carbocycles. The van der Waals surface area contributed by atoms with E-state index in [1.807, 2.05) is 0 Å². The van der Waals surface area contributed by atoms with Gasteiger partial charge in [-0.3, -0.25) is 9.80 Å². The number of nitrogens with one attached hydrogen (secondary N) is 1. The van der Waals surface area contributed by atoms with Gasteiger partial charge in [-0.1, -0.05) is 0 Å². The van der Waals surface area contributed by atoms with Crippen molar-refractivity contribution >= 4 is 0 Å². The van der Waals surface area contributed by atoms with Crippen LogP contribution < -0.4 is 5.32 Å². The van der Waals surface area contributed by atoms with Crippen molar-refractivity contribution in [2.24, 2.45) is 0 Å². The molecule has 0 aromatic rings. The first-order valence-corrected chi connectivity index (χ1v) is 7.36. The highest BCUT2D eigenvalue weighted by atomic mass is 15.3. The van der Waals surface area contributed by atoms with E-state index in [0.717, 1.165) is 18.1 Å². The summed E-state index contributed by atoms with van der Waals surface area (Å²) in [6.45, 7) is 9.73. The smallest absolute Gasteiger partial charge is 0.0113 e. The predicted octanol–water partition coefficient (Wildman–Crippen LogP) is 1.54. The van der Waals surface area contributed by atoms with E-state index >= 15 is 0 Å². The Balaban J connectivity index is 1.74. The van der Waals surface area contributed by atoms with Gasteiger partial charge in [0.05, 0.1) is 0 Å². The van der Waals surface area contributed by atoms with Gasteiger partial charge in [-0.25, -0.2) is 0 Å². The maximum absolute atomic E-state index is 3.42. The third kappa shape index (κ3) is 3.43. The van der Waals surface area contributed by atoms with Gasteiger partial charge in [0.1, 0.15) is 0 Å². The zero-order valence-electron chi connectivity index (χ0n) is 11.8. The summed E-state index contributed by atoms with van der Waals surface area (Å²) in [6.07, 6.45) is 5.53. The van der Waals surface area contributed by atoms with Crippen molar-refractivity contribution in [3.05, 3.63) is 0 Å². The molecule has 0 bridgehead atoms. The van der Waals surface area contributed by atoms with Crippen molar-refractivity contribution in [3.8, 4) is 0 Å². The van der Waals surface area contributed by atoms with Crippen LogP contribution in [0.3, 0.4) is 0 Å². The van der Waals surface area contributed by atoms with Crippen LogP contribution in [0.4, 0.5) is 0 Å². The van der Waals surface area contributed by atoms with Gasteiger partial charge in [-0.2, -0.15) is 0 Å². The van der Waals surface area contributed by atoms with Gasteiger partial charge < -0.3 is 5.32 Å². The van der Waals surface area contributed by atoms with Crippen LogP contribution in [0.5, 0.6) is 0 Å². The molecule has 1 saturated carbocycles. The number of rotatable bonds is 3. The van der Waals surface area contributed by atoms with Gasteiger partial charge in [0.2, 0.25) is 0 Å². The SMILES string of the molecule is CN[C@H]1CC[C@@H](N2CCN(C(C)C)CC2)CC1. The Morgan fingerprint density at radius 2 is 1.53 bits per heavy atom.